The minimum Gasteiger partial charge on any atom is -0.326 e. The lowest BCUT2D eigenvalue weighted by atomic mass is 10.3. The van der Waals surface area contributed by atoms with Gasteiger partial charge in [-0.1, -0.05) is 6.07 Å². The molecule has 3 nitrogen and oxygen atoms in total. The maximum atomic E-state index is 13.2. The molecule has 0 amide bonds. The summed E-state index contributed by atoms with van der Waals surface area (Å²) in [6, 6.07) is 6.51. The predicted octanol–water partition coefficient (Wildman–Crippen LogP) is 2.90. The summed E-state index contributed by atoms with van der Waals surface area (Å²) in [5.74, 6) is -0.239. The highest BCUT2D eigenvalue weighted by atomic mass is 32.1. The molecule has 0 atom stereocenters. The third-order valence-electron chi connectivity index (χ3n) is 2.41. The molecular formula is C12H14FN3S. The van der Waals surface area contributed by atoms with Crippen LogP contribution in [0.4, 0.5) is 15.2 Å². The molecule has 0 aliphatic carbocycles. The summed E-state index contributed by atoms with van der Waals surface area (Å²) >= 11 is 1.53. The Bertz CT molecular complexity index is 498. The van der Waals surface area contributed by atoms with Gasteiger partial charge in [-0.25, -0.2) is 9.37 Å². The highest BCUT2D eigenvalue weighted by molar-refractivity contribution is 7.15. The number of halogens is 1. The summed E-state index contributed by atoms with van der Waals surface area (Å²) in [5.41, 5.74) is 6.37. The molecule has 1 aromatic heterocycles. The molecule has 0 saturated heterocycles. The smallest absolute Gasteiger partial charge is 0.190 e. The third kappa shape index (κ3) is 2.62. The second-order valence-electron chi connectivity index (χ2n) is 3.54. The second kappa shape index (κ2) is 5.25. The number of nitrogens with zero attached hydrogens (tertiary/aromatic N) is 2. The van der Waals surface area contributed by atoms with Crippen LogP contribution >= 0.6 is 11.3 Å². The van der Waals surface area contributed by atoms with Gasteiger partial charge in [0.1, 0.15) is 5.82 Å². The van der Waals surface area contributed by atoms with Crippen LogP contribution in [0.25, 0.3) is 0 Å². The summed E-state index contributed by atoms with van der Waals surface area (Å²) in [4.78, 5) is 7.29. The van der Waals surface area contributed by atoms with Crippen molar-refractivity contribution in [1.29, 1.82) is 0 Å². The molecule has 0 aliphatic heterocycles. The minimum atomic E-state index is -0.239. The van der Waals surface area contributed by atoms with Crippen LogP contribution in [0.5, 0.6) is 0 Å². The lowest BCUT2D eigenvalue weighted by molar-refractivity contribution is 0.627. The first-order valence-corrected chi connectivity index (χ1v) is 6.24. The van der Waals surface area contributed by atoms with Crippen molar-refractivity contribution in [2.24, 2.45) is 5.73 Å². The van der Waals surface area contributed by atoms with Gasteiger partial charge in [0, 0.05) is 29.9 Å². The highest BCUT2D eigenvalue weighted by Crippen LogP contribution is 2.29. The summed E-state index contributed by atoms with van der Waals surface area (Å²) in [5, 5.41) is 0.846. The molecule has 2 N–H and O–H groups in total. The van der Waals surface area contributed by atoms with Crippen LogP contribution in [0.2, 0.25) is 0 Å². The van der Waals surface area contributed by atoms with E-state index in [4.69, 9.17) is 5.73 Å². The van der Waals surface area contributed by atoms with Crippen molar-refractivity contribution >= 4 is 22.2 Å². The van der Waals surface area contributed by atoms with Crippen molar-refractivity contribution in [3.63, 3.8) is 0 Å². The van der Waals surface area contributed by atoms with Gasteiger partial charge in [0.2, 0.25) is 0 Å². The fourth-order valence-corrected chi connectivity index (χ4v) is 2.46. The fraction of sp³-hybridized carbons (Fsp3) is 0.250. The molecule has 0 unspecified atom stereocenters. The molecule has 0 bridgehead atoms. The van der Waals surface area contributed by atoms with Crippen LogP contribution in [-0.4, -0.2) is 11.5 Å². The predicted molar refractivity (Wildman–Crippen MR) is 69.1 cm³/mol. The summed E-state index contributed by atoms with van der Waals surface area (Å²) < 4.78 is 13.2. The van der Waals surface area contributed by atoms with E-state index in [9.17, 15) is 4.39 Å². The Morgan fingerprint density at radius 3 is 2.88 bits per heavy atom. The molecular weight excluding hydrogens is 237 g/mol. The molecule has 2 aromatic rings. The van der Waals surface area contributed by atoms with E-state index >= 15 is 0 Å². The Kier molecular flexibility index (Phi) is 3.71. The zero-order chi connectivity index (χ0) is 12.3. The molecule has 1 aromatic carbocycles. The largest absolute Gasteiger partial charge is 0.326 e. The van der Waals surface area contributed by atoms with Crippen LogP contribution in [-0.2, 0) is 6.54 Å². The van der Waals surface area contributed by atoms with E-state index in [1.165, 1.54) is 23.5 Å². The van der Waals surface area contributed by atoms with Gasteiger partial charge in [0.05, 0.1) is 0 Å². The molecule has 0 spiro atoms. The maximum Gasteiger partial charge on any atom is 0.190 e. The van der Waals surface area contributed by atoms with Crippen molar-refractivity contribution in [2.75, 3.05) is 11.4 Å². The lowest BCUT2D eigenvalue weighted by Crippen LogP contribution is -2.15. The van der Waals surface area contributed by atoms with Crippen molar-refractivity contribution in [2.45, 2.75) is 13.5 Å². The summed E-state index contributed by atoms with van der Waals surface area (Å²) in [7, 11) is 0. The Morgan fingerprint density at radius 1 is 1.47 bits per heavy atom. The van der Waals surface area contributed by atoms with E-state index in [2.05, 4.69) is 4.98 Å². The molecule has 0 radical (unpaired) electrons. The van der Waals surface area contributed by atoms with Crippen LogP contribution < -0.4 is 10.6 Å². The number of benzene rings is 1. The molecule has 0 fully saturated rings. The number of thiazole rings is 1. The molecule has 0 aliphatic rings. The van der Waals surface area contributed by atoms with Crippen LogP contribution in [0, 0.1) is 5.82 Å². The van der Waals surface area contributed by atoms with E-state index in [1.807, 2.05) is 17.9 Å². The number of hydrogen-bond donors (Lipinski definition) is 1. The van der Waals surface area contributed by atoms with Crippen LogP contribution in [0.15, 0.2) is 30.5 Å². The Morgan fingerprint density at radius 2 is 2.29 bits per heavy atom. The van der Waals surface area contributed by atoms with E-state index in [1.54, 1.807) is 12.3 Å². The molecule has 1 heterocycles. The van der Waals surface area contributed by atoms with Gasteiger partial charge in [0.15, 0.2) is 5.13 Å². The SMILES string of the molecule is CCN(c1cccc(F)c1)c1ncc(CN)s1. The standard InChI is InChI=1S/C12H14FN3S/c1-2-16(10-5-3-4-9(13)6-10)12-15-8-11(7-14)17-12/h3-6,8H,2,7,14H2,1H3. The van der Waals surface area contributed by atoms with E-state index in [-0.39, 0.29) is 5.82 Å². The van der Waals surface area contributed by atoms with Crippen molar-refractivity contribution in [3.05, 3.63) is 41.2 Å². The van der Waals surface area contributed by atoms with Gasteiger partial charge < -0.3 is 10.6 Å². The summed E-state index contributed by atoms with van der Waals surface area (Å²) in [6.45, 7) is 3.23. The molecule has 2 rings (SSSR count). The normalized spacial score (nSPS) is 10.5. The zero-order valence-corrected chi connectivity index (χ0v) is 10.4. The van der Waals surface area contributed by atoms with Crippen molar-refractivity contribution in [3.8, 4) is 0 Å². The van der Waals surface area contributed by atoms with Crippen LogP contribution in [0.1, 0.15) is 11.8 Å². The fourth-order valence-electron chi connectivity index (χ4n) is 1.59. The number of rotatable bonds is 4. The molecule has 90 valence electrons. The van der Waals surface area contributed by atoms with E-state index in [0.29, 0.717) is 6.54 Å². The Balaban J connectivity index is 2.33. The van der Waals surface area contributed by atoms with Crippen molar-refractivity contribution < 1.29 is 4.39 Å². The van der Waals surface area contributed by atoms with Crippen LogP contribution in [0.3, 0.4) is 0 Å². The third-order valence-corrected chi connectivity index (χ3v) is 3.45. The first-order valence-electron chi connectivity index (χ1n) is 5.42. The highest BCUT2D eigenvalue weighted by Gasteiger charge is 2.11. The second-order valence-corrected chi connectivity index (χ2v) is 4.63. The Labute approximate surface area is 104 Å². The molecule has 0 saturated carbocycles. The first-order chi connectivity index (χ1) is 8.24. The number of nitrogens with two attached hydrogens (primary N) is 1. The topological polar surface area (TPSA) is 42.2 Å². The van der Waals surface area contributed by atoms with E-state index in [0.717, 1.165) is 22.2 Å². The van der Waals surface area contributed by atoms with Gasteiger partial charge in [-0.15, -0.1) is 11.3 Å². The average molecular weight is 251 g/mol. The van der Waals surface area contributed by atoms with Gasteiger partial charge in [-0.05, 0) is 25.1 Å². The number of aromatic nitrogens is 1. The number of anilines is 2. The quantitative estimate of drug-likeness (QED) is 0.908. The number of hydrogen-bond acceptors (Lipinski definition) is 4. The molecule has 17 heavy (non-hydrogen) atoms. The first kappa shape index (κ1) is 12.0. The average Bonchev–Trinajstić information content (AvgIpc) is 2.79. The summed E-state index contributed by atoms with van der Waals surface area (Å²) in [6.07, 6.45) is 1.77. The maximum absolute atomic E-state index is 13.2. The van der Waals surface area contributed by atoms with Gasteiger partial charge in [0.25, 0.3) is 0 Å². The van der Waals surface area contributed by atoms with Crippen molar-refractivity contribution in [1.82, 2.24) is 4.98 Å². The van der Waals surface area contributed by atoms with Gasteiger partial charge in [-0.2, -0.15) is 0 Å². The molecule has 5 heteroatoms. The monoisotopic (exact) mass is 251 g/mol. The zero-order valence-electron chi connectivity index (χ0n) is 9.56. The van der Waals surface area contributed by atoms with Gasteiger partial charge >= 0.3 is 0 Å². The lowest BCUT2D eigenvalue weighted by Gasteiger charge is -2.19. The van der Waals surface area contributed by atoms with Gasteiger partial charge in [-0.3, -0.25) is 0 Å². The minimum absolute atomic E-state index is 0.239. The Hall–Kier alpha value is -1.46. The van der Waals surface area contributed by atoms with E-state index < -0.39 is 0 Å².